The van der Waals surface area contributed by atoms with Crippen molar-refractivity contribution in [3.63, 3.8) is 0 Å². The molecule has 7 N–H and O–H groups in total. The molecule has 42 heavy (non-hydrogen) atoms. The number of nitrogens with two attached hydrogens (primary N) is 1. The average molecular weight is 613 g/mol. The molecule has 0 radical (unpaired) electrons. The predicted molar refractivity (Wildman–Crippen MR) is 150 cm³/mol. The van der Waals surface area contributed by atoms with Gasteiger partial charge in [-0.2, -0.15) is 0 Å². The van der Waals surface area contributed by atoms with E-state index in [0.717, 1.165) is 0 Å². The number of benzene rings is 2. The number of hydrogen-bond donors (Lipinski definition) is 6. The number of nitrogens with one attached hydrogen (secondary N) is 3. The number of imidazole rings is 1. The fourth-order valence-corrected chi connectivity index (χ4v) is 5.28. The third kappa shape index (κ3) is 4.78. The number of aliphatic hydroxyl groups is 2. The Balaban J connectivity index is 1.20. The molecule has 2 aromatic heterocycles. The molecule has 1 unspecified atom stereocenters. The number of aromatic nitrogens is 4. The van der Waals surface area contributed by atoms with E-state index in [2.05, 4.69) is 30.9 Å². The molecular formula is C26H22Cl2N8O6. The summed E-state index contributed by atoms with van der Waals surface area (Å²) < 4.78 is 7.27. The van der Waals surface area contributed by atoms with Crippen molar-refractivity contribution in [3.8, 4) is 0 Å². The highest BCUT2D eigenvalue weighted by Gasteiger charge is 2.44. The van der Waals surface area contributed by atoms with E-state index in [-0.39, 0.29) is 46.0 Å². The van der Waals surface area contributed by atoms with Crippen LogP contribution in [0.1, 0.15) is 42.9 Å². The quantitative estimate of drug-likeness (QED) is 0.184. The normalized spacial score (nSPS) is 21.3. The van der Waals surface area contributed by atoms with E-state index in [1.165, 1.54) is 29.4 Å². The summed E-state index contributed by atoms with van der Waals surface area (Å²) in [6.07, 6.45) is -2.31. The van der Waals surface area contributed by atoms with Crippen LogP contribution in [0, 0.1) is 0 Å². The van der Waals surface area contributed by atoms with Gasteiger partial charge in [-0.05, 0) is 24.3 Å². The largest absolute Gasteiger partial charge is 0.387 e. The molecule has 4 aromatic rings. The summed E-state index contributed by atoms with van der Waals surface area (Å²) in [5.74, 6) is -1.49. The first-order valence-corrected chi connectivity index (χ1v) is 13.3. The van der Waals surface area contributed by atoms with E-state index in [4.69, 9.17) is 33.7 Å². The lowest BCUT2D eigenvalue weighted by Crippen LogP contribution is -2.40. The Labute approximate surface area is 246 Å². The Morgan fingerprint density at radius 2 is 1.83 bits per heavy atom. The van der Waals surface area contributed by atoms with Gasteiger partial charge in [0.15, 0.2) is 17.7 Å². The van der Waals surface area contributed by atoms with Crippen LogP contribution in [0.2, 0.25) is 10.0 Å². The number of halogens is 2. The van der Waals surface area contributed by atoms with Crippen LogP contribution in [-0.4, -0.2) is 72.3 Å². The Morgan fingerprint density at radius 3 is 2.60 bits per heavy atom. The van der Waals surface area contributed by atoms with E-state index >= 15 is 0 Å². The van der Waals surface area contributed by atoms with Crippen molar-refractivity contribution in [2.45, 2.75) is 31.1 Å². The number of amides is 3. The van der Waals surface area contributed by atoms with E-state index in [1.54, 1.807) is 18.2 Å². The maximum atomic E-state index is 13.3. The number of fused-ring (bicyclic) bond motifs is 2. The molecule has 0 spiro atoms. The minimum absolute atomic E-state index is 0.0367. The van der Waals surface area contributed by atoms with Crippen LogP contribution < -0.4 is 21.7 Å². The Morgan fingerprint density at radius 1 is 1.10 bits per heavy atom. The molecule has 2 aliphatic heterocycles. The van der Waals surface area contributed by atoms with E-state index in [1.807, 2.05) is 0 Å². The summed E-state index contributed by atoms with van der Waals surface area (Å²) in [5.41, 5.74) is 7.70. The molecule has 6 rings (SSSR count). The maximum Gasteiger partial charge on any atom is 0.256 e. The molecule has 2 aromatic carbocycles. The minimum Gasteiger partial charge on any atom is -0.387 e. The second-order valence-corrected chi connectivity index (χ2v) is 10.4. The summed E-state index contributed by atoms with van der Waals surface area (Å²) in [7, 11) is 0. The predicted octanol–water partition coefficient (Wildman–Crippen LogP) is 1.26. The van der Waals surface area contributed by atoms with Crippen molar-refractivity contribution in [3.05, 3.63) is 75.3 Å². The van der Waals surface area contributed by atoms with Crippen molar-refractivity contribution in [2.24, 2.45) is 0 Å². The van der Waals surface area contributed by atoms with Gasteiger partial charge < -0.3 is 36.6 Å². The maximum absolute atomic E-state index is 13.3. The molecule has 4 heterocycles. The van der Waals surface area contributed by atoms with Crippen LogP contribution in [-0.2, 0) is 11.3 Å². The Bertz CT molecular complexity index is 1760. The minimum atomic E-state index is -1.39. The Kier molecular flexibility index (Phi) is 7.16. The number of hydrogen-bond acceptors (Lipinski definition) is 10. The zero-order chi connectivity index (χ0) is 29.7. The van der Waals surface area contributed by atoms with E-state index < -0.39 is 36.4 Å². The van der Waals surface area contributed by atoms with Gasteiger partial charge in [0.05, 0.1) is 27.5 Å². The van der Waals surface area contributed by atoms with Gasteiger partial charge >= 0.3 is 0 Å². The molecule has 216 valence electrons. The van der Waals surface area contributed by atoms with Crippen LogP contribution in [0.4, 0.5) is 11.5 Å². The van der Waals surface area contributed by atoms with Crippen LogP contribution in [0.25, 0.3) is 11.2 Å². The van der Waals surface area contributed by atoms with Crippen molar-refractivity contribution in [1.29, 1.82) is 0 Å². The average Bonchev–Trinajstić information content (AvgIpc) is 3.65. The highest BCUT2D eigenvalue weighted by atomic mass is 35.5. The first kappa shape index (κ1) is 27.8. The molecule has 14 nitrogen and oxygen atoms in total. The van der Waals surface area contributed by atoms with Crippen LogP contribution in [0.15, 0.2) is 43.0 Å². The van der Waals surface area contributed by atoms with Gasteiger partial charge in [-0.25, -0.2) is 15.0 Å². The lowest BCUT2D eigenvalue weighted by Gasteiger charge is -2.17. The zero-order valence-corrected chi connectivity index (χ0v) is 22.9. The number of carbonyl (C=O) groups excluding carboxylic acids is 3. The van der Waals surface area contributed by atoms with Gasteiger partial charge in [0.2, 0.25) is 0 Å². The summed E-state index contributed by atoms with van der Waals surface area (Å²) in [5, 5.41) is 29.5. The molecule has 0 saturated carbocycles. The molecule has 3 amide bonds. The lowest BCUT2D eigenvalue weighted by molar-refractivity contribution is -0.0337. The zero-order valence-electron chi connectivity index (χ0n) is 21.4. The number of nitrogens with zero attached hydrogens (tertiary/aromatic N) is 4. The van der Waals surface area contributed by atoms with Crippen LogP contribution in [0.3, 0.4) is 0 Å². The molecule has 16 heteroatoms. The lowest BCUT2D eigenvalue weighted by atomic mass is 10.0. The van der Waals surface area contributed by atoms with E-state index in [9.17, 15) is 24.6 Å². The molecular weight excluding hydrogens is 591 g/mol. The SMILES string of the molecule is Nc1ncnc2c1ncn2[C@@H]1OC(CNC(=O)c2cc(Cl)c(Cl)cc2C(=O)Nc2cccc3c2CNC3=O)[C@@H](O)[C@H]1O. The van der Waals surface area contributed by atoms with Gasteiger partial charge in [-0.3, -0.25) is 19.0 Å². The molecule has 2 aliphatic rings. The highest BCUT2D eigenvalue weighted by Crippen LogP contribution is 2.32. The highest BCUT2D eigenvalue weighted by molar-refractivity contribution is 6.42. The van der Waals surface area contributed by atoms with Gasteiger partial charge in [-0.15, -0.1) is 0 Å². The summed E-state index contributed by atoms with van der Waals surface area (Å²) >= 11 is 12.4. The first-order valence-electron chi connectivity index (χ1n) is 12.6. The topological polar surface area (TPSA) is 207 Å². The van der Waals surface area contributed by atoms with Crippen molar-refractivity contribution < 1.29 is 29.3 Å². The summed E-state index contributed by atoms with van der Waals surface area (Å²) in [6, 6.07) is 7.42. The van der Waals surface area contributed by atoms with Gasteiger partial charge in [-0.1, -0.05) is 29.3 Å². The number of nitrogen functional groups attached to an aromatic ring is 1. The first-order chi connectivity index (χ1) is 20.1. The standard InChI is InChI=1S/C26H22Cl2N8O6/c27-14-4-11(12(5-15(14)28)25(41)35-16-3-1-2-10-13(16)6-30-23(10)39)24(40)31-7-17-19(37)20(38)26(42-17)36-9-34-18-21(29)32-8-33-22(18)36/h1-5,8-9,17,19-20,26,37-38H,6-7H2,(H,30,39)(H,31,40)(H,35,41)(H2,29,32,33)/t17?,19-,20-,26-/m1/s1. The second-order valence-electron chi connectivity index (χ2n) is 9.62. The van der Waals surface area contributed by atoms with Crippen molar-refractivity contribution in [2.75, 3.05) is 17.6 Å². The summed E-state index contributed by atoms with van der Waals surface area (Å²) in [6.45, 7) is 0.00366. The van der Waals surface area contributed by atoms with Gasteiger partial charge in [0, 0.05) is 29.9 Å². The fourth-order valence-electron chi connectivity index (χ4n) is 4.96. The number of ether oxygens (including phenoxy) is 1. The molecule has 1 saturated heterocycles. The summed E-state index contributed by atoms with van der Waals surface area (Å²) in [4.78, 5) is 50.8. The Hall–Kier alpha value is -4.34. The molecule has 0 aliphatic carbocycles. The van der Waals surface area contributed by atoms with Gasteiger partial charge in [0.1, 0.15) is 30.2 Å². The molecule has 1 fully saturated rings. The van der Waals surface area contributed by atoms with Crippen molar-refractivity contribution in [1.82, 2.24) is 30.2 Å². The second kappa shape index (κ2) is 10.8. The van der Waals surface area contributed by atoms with Crippen molar-refractivity contribution >= 4 is 63.6 Å². The monoisotopic (exact) mass is 612 g/mol. The van der Waals surface area contributed by atoms with Gasteiger partial charge in [0.25, 0.3) is 17.7 Å². The third-order valence-electron chi connectivity index (χ3n) is 7.11. The third-order valence-corrected chi connectivity index (χ3v) is 7.83. The number of anilines is 2. The number of rotatable bonds is 6. The fraction of sp³-hybridized carbons (Fsp3) is 0.231. The van der Waals surface area contributed by atoms with Crippen LogP contribution in [0.5, 0.6) is 0 Å². The molecule has 4 atom stereocenters. The smallest absolute Gasteiger partial charge is 0.256 e. The number of aliphatic hydroxyl groups excluding tert-OH is 2. The van der Waals surface area contributed by atoms with E-state index in [0.29, 0.717) is 28.0 Å². The molecule has 0 bridgehead atoms. The van der Waals surface area contributed by atoms with Crippen LogP contribution >= 0.6 is 23.2 Å². The number of carbonyl (C=O) groups is 3.